The molecular formula is C21H19N7O2. The molecule has 9 heteroatoms. The van der Waals surface area contributed by atoms with Gasteiger partial charge < -0.3 is 14.8 Å². The normalized spacial score (nSPS) is 14.3. The summed E-state index contributed by atoms with van der Waals surface area (Å²) in [7, 11) is 0. The minimum atomic E-state index is -0.481. The van der Waals surface area contributed by atoms with E-state index in [-0.39, 0.29) is 0 Å². The summed E-state index contributed by atoms with van der Waals surface area (Å²) in [6.45, 7) is 2.09. The lowest BCUT2D eigenvalue weighted by Crippen LogP contribution is -2.50. The summed E-state index contributed by atoms with van der Waals surface area (Å²) in [6.07, 6.45) is 6.76. The number of piperazine rings is 1. The minimum Gasteiger partial charge on any atom is -0.360 e. The van der Waals surface area contributed by atoms with E-state index in [9.17, 15) is 9.59 Å². The Bertz CT molecular complexity index is 1190. The van der Waals surface area contributed by atoms with Gasteiger partial charge in [0.1, 0.15) is 6.33 Å². The molecule has 0 unspecified atom stereocenters. The molecule has 0 spiro atoms. The molecule has 4 aromatic rings. The molecule has 1 saturated heterocycles. The predicted molar refractivity (Wildman–Crippen MR) is 111 cm³/mol. The second-order valence-electron chi connectivity index (χ2n) is 7.08. The van der Waals surface area contributed by atoms with E-state index in [1.165, 1.54) is 0 Å². The van der Waals surface area contributed by atoms with Gasteiger partial charge in [-0.1, -0.05) is 18.2 Å². The van der Waals surface area contributed by atoms with E-state index in [1.807, 2.05) is 36.4 Å². The number of amides is 1. The van der Waals surface area contributed by atoms with Gasteiger partial charge in [-0.05, 0) is 18.2 Å². The molecule has 1 aliphatic heterocycles. The van der Waals surface area contributed by atoms with Crippen LogP contribution in [0.4, 0.5) is 5.82 Å². The standard InChI is InChI=1S/C21H19N7O2/c29-20(16-13-23-17-4-2-1-3-15(16)17)21(30)27-11-9-26(10-12-27)18-5-6-19(25-24-18)28-8-7-22-14-28/h1-8,13-14,23H,9-12H2. The van der Waals surface area contributed by atoms with Crippen LogP contribution < -0.4 is 4.90 Å². The van der Waals surface area contributed by atoms with Crippen molar-refractivity contribution in [3.63, 3.8) is 0 Å². The summed E-state index contributed by atoms with van der Waals surface area (Å²) in [4.78, 5) is 36.3. The van der Waals surface area contributed by atoms with Crippen LogP contribution in [0.1, 0.15) is 10.4 Å². The number of fused-ring (bicyclic) bond motifs is 1. The number of para-hydroxylation sites is 1. The van der Waals surface area contributed by atoms with E-state index >= 15 is 0 Å². The number of Topliss-reactive ketones (excluding diaryl/α,β-unsaturated/α-hetero) is 1. The second-order valence-corrected chi connectivity index (χ2v) is 7.08. The first-order valence-corrected chi connectivity index (χ1v) is 9.67. The Kier molecular flexibility index (Phi) is 4.47. The number of carbonyl (C=O) groups is 2. The zero-order chi connectivity index (χ0) is 20.5. The number of hydrogen-bond donors (Lipinski definition) is 1. The molecule has 1 N–H and O–H groups in total. The number of ketones is 1. The smallest absolute Gasteiger partial charge is 0.295 e. The molecule has 4 heterocycles. The van der Waals surface area contributed by atoms with E-state index in [2.05, 4.69) is 25.1 Å². The lowest BCUT2D eigenvalue weighted by atomic mass is 10.1. The summed E-state index contributed by atoms with van der Waals surface area (Å²) in [5.41, 5.74) is 1.26. The number of nitrogens with one attached hydrogen (secondary N) is 1. The van der Waals surface area contributed by atoms with Gasteiger partial charge in [-0.2, -0.15) is 0 Å². The van der Waals surface area contributed by atoms with Crippen molar-refractivity contribution in [2.45, 2.75) is 0 Å². The molecular weight excluding hydrogens is 382 g/mol. The lowest BCUT2D eigenvalue weighted by molar-refractivity contribution is -0.126. The molecule has 0 saturated carbocycles. The van der Waals surface area contributed by atoms with Crippen LogP contribution in [0, 0.1) is 0 Å². The van der Waals surface area contributed by atoms with Crippen LogP contribution in [0.25, 0.3) is 16.7 Å². The molecule has 1 fully saturated rings. The van der Waals surface area contributed by atoms with Crippen LogP contribution in [0.3, 0.4) is 0 Å². The number of carbonyl (C=O) groups excluding carboxylic acids is 2. The summed E-state index contributed by atoms with van der Waals surface area (Å²) in [6, 6.07) is 11.2. The van der Waals surface area contributed by atoms with Gasteiger partial charge >= 0.3 is 0 Å². The largest absolute Gasteiger partial charge is 0.360 e. The summed E-state index contributed by atoms with van der Waals surface area (Å²) in [5, 5.41) is 9.29. The molecule has 1 aromatic carbocycles. The molecule has 0 radical (unpaired) electrons. The SMILES string of the molecule is O=C(C(=O)N1CCN(c2ccc(-n3ccnc3)nn2)CC1)c1c[nH]c2ccccc12. The Balaban J connectivity index is 1.24. The number of H-pyrrole nitrogens is 1. The van der Waals surface area contributed by atoms with Crippen molar-refractivity contribution in [2.24, 2.45) is 0 Å². The second kappa shape index (κ2) is 7.43. The van der Waals surface area contributed by atoms with Gasteiger partial charge in [-0.25, -0.2) is 4.98 Å². The molecule has 1 amide bonds. The van der Waals surface area contributed by atoms with Gasteiger partial charge in [0, 0.05) is 55.7 Å². The molecule has 0 bridgehead atoms. The average molecular weight is 401 g/mol. The van der Waals surface area contributed by atoms with E-state index in [4.69, 9.17) is 0 Å². The Morgan fingerprint density at radius 3 is 2.43 bits per heavy atom. The maximum Gasteiger partial charge on any atom is 0.295 e. The summed E-state index contributed by atoms with van der Waals surface area (Å²) < 4.78 is 1.78. The Hall–Kier alpha value is -4.01. The van der Waals surface area contributed by atoms with E-state index in [0.29, 0.717) is 37.6 Å². The van der Waals surface area contributed by atoms with Crippen molar-refractivity contribution in [1.29, 1.82) is 0 Å². The van der Waals surface area contributed by atoms with Gasteiger partial charge in [0.15, 0.2) is 11.6 Å². The number of rotatable bonds is 4. The first-order chi connectivity index (χ1) is 14.7. The number of anilines is 1. The lowest BCUT2D eigenvalue weighted by Gasteiger charge is -2.34. The zero-order valence-corrected chi connectivity index (χ0v) is 16.1. The highest BCUT2D eigenvalue weighted by Gasteiger charge is 2.28. The quantitative estimate of drug-likeness (QED) is 0.413. The van der Waals surface area contributed by atoms with Gasteiger partial charge in [-0.3, -0.25) is 14.2 Å². The molecule has 0 atom stereocenters. The average Bonchev–Trinajstić information content (AvgIpc) is 3.49. The molecule has 9 nitrogen and oxygen atoms in total. The Labute approximate surface area is 172 Å². The summed E-state index contributed by atoms with van der Waals surface area (Å²) >= 11 is 0. The molecule has 30 heavy (non-hydrogen) atoms. The topological polar surface area (TPSA) is 100 Å². The number of benzene rings is 1. The van der Waals surface area contributed by atoms with Crippen LogP contribution in [0.2, 0.25) is 0 Å². The fraction of sp³-hybridized carbons (Fsp3) is 0.190. The number of aromatic nitrogens is 5. The van der Waals surface area contributed by atoms with Crippen molar-refractivity contribution < 1.29 is 9.59 Å². The molecule has 0 aliphatic carbocycles. The third kappa shape index (κ3) is 3.20. The highest BCUT2D eigenvalue weighted by Crippen LogP contribution is 2.20. The number of imidazole rings is 1. The van der Waals surface area contributed by atoms with Crippen LogP contribution in [-0.2, 0) is 4.79 Å². The van der Waals surface area contributed by atoms with Gasteiger partial charge in [0.05, 0.1) is 5.56 Å². The molecule has 1 aliphatic rings. The van der Waals surface area contributed by atoms with Crippen LogP contribution in [0.5, 0.6) is 0 Å². The van der Waals surface area contributed by atoms with Crippen molar-refractivity contribution >= 4 is 28.4 Å². The number of nitrogens with zero attached hydrogens (tertiary/aromatic N) is 6. The first kappa shape index (κ1) is 18.0. The molecule has 5 rings (SSSR count). The number of aromatic amines is 1. The Morgan fingerprint density at radius 1 is 0.933 bits per heavy atom. The minimum absolute atomic E-state index is 0.416. The summed E-state index contributed by atoms with van der Waals surface area (Å²) in [5.74, 6) is 0.481. The number of hydrogen-bond acceptors (Lipinski definition) is 6. The van der Waals surface area contributed by atoms with Crippen molar-refractivity contribution in [1.82, 2.24) is 29.6 Å². The molecule has 150 valence electrons. The van der Waals surface area contributed by atoms with Crippen molar-refractivity contribution in [3.05, 3.63) is 66.9 Å². The third-order valence-electron chi connectivity index (χ3n) is 5.32. The van der Waals surface area contributed by atoms with Crippen LogP contribution in [0.15, 0.2) is 61.3 Å². The fourth-order valence-electron chi connectivity index (χ4n) is 3.68. The fourth-order valence-corrected chi connectivity index (χ4v) is 3.68. The maximum atomic E-state index is 12.8. The molecule has 3 aromatic heterocycles. The highest BCUT2D eigenvalue weighted by atomic mass is 16.2. The van der Waals surface area contributed by atoms with Gasteiger partial charge in [-0.15, -0.1) is 10.2 Å². The van der Waals surface area contributed by atoms with Gasteiger partial charge in [0.2, 0.25) is 0 Å². The third-order valence-corrected chi connectivity index (χ3v) is 5.32. The van der Waals surface area contributed by atoms with Crippen molar-refractivity contribution in [2.75, 3.05) is 31.1 Å². The van der Waals surface area contributed by atoms with E-state index < -0.39 is 11.7 Å². The van der Waals surface area contributed by atoms with E-state index in [1.54, 1.807) is 34.4 Å². The maximum absolute atomic E-state index is 12.8. The van der Waals surface area contributed by atoms with Crippen molar-refractivity contribution in [3.8, 4) is 5.82 Å². The zero-order valence-electron chi connectivity index (χ0n) is 16.1. The highest BCUT2D eigenvalue weighted by molar-refractivity contribution is 6.44. The van der Waals surface area contributed by atoms with Crippen LogP contribution in [-0.4, -0.2) is 67.5 Å². The first-order valence-electron chi connectivity index (χ1n) is 9.67. The Morgan fingerprint density at radius 2 is 1.70 bits per heavy atom. The van der Waals surface area contributed by atoms with Gasteiger partial charge in [0.25, 0.3) is 11.7 Å². The predicted octanol–water partition coefficient (Wildman–Crippen LogP) is 1.68. The monoisotopic (exact) mass is 401 g/mol. The van der Waals surface area contributed by atoms with Crippen LogP contribution >= 0.6 is 0 Å². The van der Waals surface area contributed by atoms with E-state index in [0.717, 1.165) is 16.7 Å².